The van der Waals surface area contributed by atoms with E-state index in [9.17, 15) is 9.90 Å². The smallest absolute Gasteiger partial charge is 0.310 e. The molecule has 1 unspecified atom stereocenters. The summed E-state index contributed by atoms with van der Waals surface area (Å²) in [4.78, 5) is 12.5. The van der Waals surface area contributed by atoms with Crippen LogP contribution in [0.4, 0.5) is 0 Å². The van der Waals surface area contributed by atoms with Gasteiger partial charge in [-0.1, -0.05) is 99.7 Å². The third-order valence-electron chi connectivity index (χ3n) is 6.48. The van der Waals surface area contributed by atoms with Crippen LogP contribution in [0, 0.1) is 11.3 Å². The fourth-order valence-electron chi connectivity index (χ4n) is 4.53. The molecule has 3 heteroatoms. The van der Waals surface area contributed by atoms with E-state index in [1.165, 1.54) is 0 Å². The maximum atomic E-state index is 12.5. The minimum absolute atomic E-state index is 0.155. The minimum atomic E-state index is -0.709. The number of carboxylic acids is 1. The van der Waals surface area contributed by atoms with E-state index in [1.807, 2.05) is 42.5 Å². The maximum Gasteiger partial charge on any atom is 0.310 e. The molecule has 0 amide bonds. The summed E-state index contributed by atoms with van der Waals surface area (Å²) >= 11 is 1.69. The van der Waals surface area contributed by atoms with Crippen molar-refractivity contribution in [1.29, 1.82) is 0 Å². The highest BCUT2D eigenvalue weighted by Crippen LogP contribution is 2.53. The number of hydrogen-bond donors (Lipinski definition) is 1. The van der Waals surface area contributed by atoms with Crippen LogP contribution in [0.5, 0.6) is 0 Å². The maximum absolute atomic E-state index is 12.5. The molecule has 0 aromatic heterocycles. The van der Waals surface area contributed by atoms with Crippen LogP contribution in [-0.4, -0.2) is 16.8 Å². The lowest BCUT2D eigenvalue weighted by molar-refractivity contribution is -0.152. The van der Waals surface area contributed by atoms with Crippen LogP contribution in [0.1, 0.15) is 43.7 Å². The fraction of sp³-hybridized carbons (Fsp3) is 0.346. The van der Waals surface area contributed by atoms with Crippen molar-refractivity contribution >= 4 is 17.7 Å². The molecule has 152 valence electrons. The van der Waals surface area contributed by atoms with Crippen LogP contribution in [0.3, 0.4) is 0 Å². The van der Waals surface area contributed by atoms with Crippen LogP contribution in [0.2, 0.25) is 0 Å². The molecule has 0 spiro atoms. The van der Waals surface area contributed by atoms with Gasteiger partial charge in [0.2, 0.25) is 0 Å². The van der Waals surface area contributed by atoms with Crippen molar-refractivity contribution in [1.82, 2.24) is 0 Å². The highest BCUT2D eigenvalue weighted by Gasteiger charge is 2.48. The summed E-state index contributed by atoms with van der Waals surface area (Å²) < 4.78 is -0.566. The van der Waals surface area contributed by atoms with Crippen molar-refractivity contribution in [2.24, 2.45) is 11.3 Å². The summed E-state index contributed by atoms with van der Waals surface area (Å²) in [6.07, 6.45) is 5.60. The van der Waals surface area contributed by atoms with Crippen LogP contribution in [0.15, 0.2) is 85.5 Å². The number of benzene rings is 2. The second kappa shape index (κ2) is 9.04. The van der Waals surface area contributed by atoms with Crippen molar-refractivity contribution < 1.29 is 9.90 Å². The first-order valence-corrected chi connectivity index (χ1v) is 11.3. The molecule has 1 aliphatic carbocycles. The second-order valence-electron chi connectivity index (χ2n) is 8.04. The van der Waals surface area contributed by atoms with Crippen molar-refractivity contribution in [3.05, 3.63) is 96.6 Å². The molecule has 3 rings (SSSR count). The Morgan fingerprint density at radius 1 is 1.14 bits per heavy atom. The molecule has 29 heavy (non-hydrogen) atoms. The molecule has 0 saturated heterocycles. The van der Waals surface area contributed by atoms with Gasteiger partial charge in [-0.2, -0.15) is 0 Å². The van der Waals surface area contributed by atoms with Gasteiger partial charge >= 0.3 is 5.97 Å². The SMILES string of the molecule is C=CC(=C)C(SC[C@@]1(C(=O)O)CCCCC1C)(c1ccccc1)c1ccccc1. The van der Waals surface area contributed by atoms with E-state index in [-0.39, 0.29) is 5.92 Å². The normalized spacial score (nSPS) is 22.0. The van der Waals surface area contributed by atoms with Gasteiger partial charge in [0.25, 0.3) is 0 Å². The molecule has 1 fully saturated rings. The Kier molecular flexibility index (Phi) is 6.69. The van der Waals surface area contributed by atoms with Crippen LogP contribution in [-0.2, 0) is 9.54 Å². The Morgan fingerprint density at radius 3 is 2.14 bits per heavy atom. The topological polar surface area (TPSA) is 37.3 Å². The first kappa shape index (κ1) is 21.4. The van der Waals surface area contributed by atoms with Gasteiger partial charge in [0.05, 0.1) is 10.2 Å². The number of thioether (sulfide) groups is 1. The zero-order valence-corrected chi connectivity index (χ0v) is 18.0. The van der Waals surface area contributed by atoms with Gasteiger partial charge in [0.15, 0.2) is 0 Å². The first-order valence-electron chi connectivity index (χ1n) is 10.3. The molecule has 0 bridgehead atoms. The monoisotopic (exact) mass is 406 g/mol. The highest BCUT2D eigenvalue weighted by molar-refractivity contribution is 8.00. The van der Waals surface area contributed by atoms with Gasteiger partial charge in [-0.3, -0.25) is 4.79 Å². The molecule has 1 saturated carbocycles. The summed E-state index contributed by atoms with van der Waals surface area (Å²) in [5.41, 5.74) is 2.37. The molecule has 0 aliphatic heterocycles. The van der Waals surface area contributed by atoms with Gasteiger partial charge in [-0.05, 0) is 35.5 Å². The van der Waals surface area contributed by atoms with E-state index in [0.29, 0.717) is 5.75 Å². The molecule has 1 N–H and O–H groups in total. The Morgan fingerprint density at radius 2 is 1.69 bits per heavy atom. The third-order valence-corrected chi connectivity index (χ3v) is 8.31. The number of allylic oxidation sites excluding steroid dienone is 1. The lowest BCUT2D eigenvalue weighted by atomic mass is 9.68. The van der Waals surface area contributed by atoms with Crippen molar-refractivity contribution in [2.45, 2.75) is 37.4 Å². The van der Waals surface area contributed by atoms with E-state index >= 15 is 0 Å². The summed E-state index contributed by atoms with van der Waals surface area (Å²) in [5, 5.41) is 10.2. The van der Waals surface area contributed by atoms with E-state index < -0.39 is 16.1 Å². The van der Waals surface area contributed by atoms with Crippen molar-refractivity contribution in [3.63, 3.8) is 0 Å². The van der Waals surface area contributed by atoms with Gasteiger partial charge in [0.1, 0.15) is 0 Å². The van der Waals surface area contributed by atoms with Gasteiger partial charge in [0, 0.05) is 5.75 Å². The molecule has 0 radical (unpaired) electrons. The Bertz CT molecular complexity index is 819. The number of aliphatic carboxylic acids is 1. The lowest BCUT2D eigenvalue weighted by Gasteiger charge is -2.43. The van der Waals surface area contributed by atoms with E-state index in [2.05, 4.69) is 44.3 Å². The summed E-state index contributed by atoms with van der Waals surface area (Å²) in [5.74, 6) is 0.0269. The van der Waals surface area contributed by atoms with Gasteiger partial charge in [-0.25, -0.2) is 0 Å². The zero-order valence-electron chi connectivity index (χ0n) is 17.1. The molecular weight excluding hydrogens is 376 g/mol. The average Bonchev–Trinajstić information content (AvgIpc) is 2.76. The van der Waals surface area contributed by atoms with Crippen LogP contribution in [0.25, 0.3) is 0 Å². The highest BCUT2D eigenvalue weighted by atomic mass is 32.2. The van der Waals surface area contributed by atoms with Crippen molar-refractivity contribution in [3.8, 4) is 0 Å². The molecule has 2 aromatic rings. The van der Waals surface area contributed by atoms with Gasteiger partial charge < -0.3 is 5.11 Å². The zero-order chi connectivity index (χ0) is 20.9. The number of hydrogen-bond acceptors (Lipinski definition) is 2. The summed E-state index contributed by atoms with van der Waals surface area (Å²) in [6, 6.07) is 20.5. The standard InChI is InChI=1S/C26H30O2S/c1-4-20(2)26(22-14-7-5-8-15-22,23-16-9-6-10-17-23)29-19-25(24(27)28)18-12-11-13-21(25)3/h4-10,14-17,21H,1-2,11-13,18-19H2,3H3,(H,27,28)/t21?,25-/m0/s1. The minimum Gasteiger partial charge on any atom is -0.481 e. The van der Waals surface area contributed by atoms with E-state index in [1.54, 1.807) is 11.8 Å². The van der Waals surface area contributed by atoms with Crippen molar-refractivity contribution in [2.75, 3.05) is 5.75 Å². The Hall–Kier alpha value is -2.26. The predicted octanol–water partition coefficient (Wildman–Crippen LogP) is 6.69. The molecule has 2 atom stereocenters. The number of rotatable bonds is 8. The molecule has 0 heterocycles. The predicted molar refractivity (Wildman–Crippen MR) is 123 cm³/mol. The number of carboxylic acid groups (broad SMARTS) is 1. The summed E-state index contributed by atoms with van der Waals surface area (Å²) in [6.45, 7) is 10.5. The first-order chi connectivity index (χ1) is 14.0. The molecular formula is C26H30O2S. The molecule has 1 aliphatic rings. The van der Waals surface area contributed by atoms with E-state index in [4.69, 9.17) is 0 Å². The fourth-order valence-corrected chi connectivity index (χ4v) is 6.43. The molecule has 2 aromatic carbocycles. The van der Waals surface area contributed by atoms with Gasteiger partial charge in [-0.15, -0.1) is 11.8 Å². The summed E-state index contributed by atoms with van der Waals surface area (Å²) in [7, 11) is 0. The van der Waals surface area contributed by atoms with E-state index in [0.717, 1.165) is 42.4 Å². The Balaban J connectivity index is 2.11. The molecule has 2 nitrogen and oxygen atoms in total. The second-order valence-corrected chi connectivity index (χ2v) is 9.23. The van der Waals surface area contributed by atoms with Crippen LogP contribution < -0.4 is 0 Å². The average molecular weight is 407 g/mol. The largest absolute Gasteiger partial charge is 0.481 e. The van der Waals surface area contributed by atoms with Crippen LogP contribution >= 0.6 is 11.8 Å². The number of carbonyl (C=O) groups is 1. The third kappa shape index (κ3) is 3.93. The Labute approximate surface area is 178 Å². The quantitative estimate of drug-likeness (QED) is 0.496. The lowest BCUT2D eigenvalue weighted by Crippen LogP contribution is -2.43.